The summed E-state index contributed by atoms with van der Waals surface area (Å²) >= 11 is 0. The number of para-hydroxylation sites is 1. The number of aromatic nitrogens is 1. The van der Waals surface area contributed by atoms with Crippen molar-refractivity contribution in [2.24, 2.45) is 5.73 Å². The SMILES string of the molecule is COc1cc(C)nc(COc2c(F)cccc2CN)c1. The Morgan fingerprint density at radius 2 is 2.10 bits per heavy atom. The molecule has 0 aliphatic rings. The molecule has 2 rings (SSSR count). The Hall–Kier alpha value is -2.14. The van der Waals surface area contributed by atoms with Gasteiger partial charge in [0.1, 0.15) is 12.4 Å². The molecule has 0 aliphatic carbocycles. The monoisotopic (exact) mass is 276 g/mol. The summed E-state index contributed by atoms with van der Waals surface area (Å²) in [5.74, 6) is 0.452. The highest BCUT2D eigenvalue weighted by Crippen LogP contribution is 2.23. The smallest absolute Gasteiger partial charge is 0.165 e. The number of hydrogen-bond donors (Lipinski definition) is 1. The van der Waals surface area contributed by atoms with Crippen LogP contribution in [-0.4, -0.2) is 12.1 Å². The third-order valence-electron chi connectivity index (χ3n) is 2.85. The number of rotatable bonds is 5. The second-order valence-corrected chi connectivity index (χ2v) is 4.36. The molecule has 0 saturated heterocycles. The van der Waals surface area contributed by atoms with Gasteiger partial charge in [-0.25, -0.2) is 4.39 Å². The molecular weight excluding hydrogens is 259 g/mol. The van der Waals surface area contributed by atoms with Crippen molar-refractivity contribution in [2.45, 2.75) is 20.1 Å². The lowest BCUT2D eigenvalue weighted by molar-refractivity contribution is 0.281. The van der Waals surface area contributed by atoms with Crippen LogP contribution in [0.25, 0.3) is 0 Å². The molecule has 2 N–H and O–H groups in total. The van der Waals surface area contributed by atoms with E-state index in [0.717, 1.165) is 5.69 Å². The number of nitrogens with zero attached hydrogens (tertiary/aromatic N) is 1. The molecule has 20 heavy (non-hydrogen) atoms. The van der Waals surface area contributed by atoms with E-state index in [4.69, 9.17) is 15.2 Å². The molecule has 0 fully saturated rings. The summed E-state index contributed by atoms with van der Waals surface area (Å²) in [5, 5.41) is 0. The minimum atomic E-state index is -0.424. The summed E-state index contributed by atoms with van der Waals surface area (Å²) in [6.45, 7) is 2.24. The standard InChI is InChI=1S/C15H17FN2O2/c1-10-6-13(19-2)7-12(18-10)9-20-15-11(8-17)4-3-5-14(15)16/h3-7H,8-9,17H2,1-2H3. The zero-order valence-corrected chi connectivity index (χ0v) is 11.5. The molecular formula is C15H17FN2O2. The Morgan fingerprint density at radius 3 is 2.80 bits per heavy atom. The van der Waals surface area contributed by atoms with Crippen molar-refractivity contribution < 1.29 is 13.9 Å². The van der Waals surface area contributed by atoms with Crippen molar-refractivity contribution in [1.82, 2.24) is 4.98 Å². The minimum Gasteiger partial charge on any atom is -0.497 e. The molecule has 0 radical (unpaired) electrons. The van der Waals surface area contributed by atoms with Crippen molar-refractivity contribution >= 4 is 0 Å². The third kappa shape index (κ3) is 3.24. The van der Waals surface area contributed by atoms with Crippen LogP contribution >= 0.6 is 0 Å². The van der Waals surface area contributed by atoms with Gasteiger partial charge in [-0.3, -0.25) is 4.98 Å². The molecule has 4 nitrogen and oxygen atoms in total. The van der Waals surface area contributed by atoms with Crippen LogP contribution < -0.4 is 15.2 Å². The van der Waals surface area contributed by atoms with E-state index in [9.17, 15) is 4.39 Å². The number of methoxy groups -OCH3 is 1. The average molecular weight is 276 g/mol. The first-order valence-corrected chi connectivity index (χ1v) is 6.26. The highest BCUT2D eigenvalue weighted by atomic mass is 19.1. The van der Waals surface area contributed by atoms with Crippen molar-refractivity contribution in [2.75, 3.05) is 7.11 Å². The molecule has 5 heteroatoms. The first kappa shape index (κ1) is 14.3. The molecule has 1 heterocycles. The lowest BCUT2D eigenvalue weighted by Gasteiger charge is -2.12. The summed E-state index contributed by atoms with van der Waals surface area (Å²) in [5.41, 5.74) is 7.69. The second-order valence-electron chi connectivity index (χ2n) is 4.36. The Labute approximate surface area is 117 Å². The van der Waals surface area contributed by atoms with E-state index in [1.807, 2.05) is 13.0 Å². The summed E-state index contributed by atoms with van der Waals surface area (Å²) in [6, 6.07) is 8.27. The molecule has 0 bridgehead atoms. The van der Waals surface area contributed by atoms with E-state index < -0.39 is 5.82 Å². The molecule has 106 valence electrons. The van der Waals surface area contributed by atoms with Crippen LogP contribution in [0.4, 0.5) is 4.39 Å². The van der Waals surface area contributed by atoms with Gasteiger partial charge >= 0.3 is 0 Å². The van der Waals surface area contributed by atoms with E-state index in [2.05, 4.69) is 4.98 Å². The maximum atomic E-state index is 13.7. The first-order valence-electron chi connectivity index (χ1n) is 6.26. The molecule has 1 aromatic carbocycles. The predicted molar refractivity (Wildman–Crippen MR) is 74.1 cm³/mol. The van der Waals surface area contributed by atoms with Gasteiger partial charge in [-0.05, 0) is 13.0 Å². The van der Waals surface area contributed by atoms with E-state index in [0.29, 0.717) is 17.0 Å². The summed E-state index contributed by atoms with van der Waals surface area (Å²) in [4.78, 5) is 4.32. The third-order valence-corrected chi connectivity index (χ3v) is 2.85. The molecule has 1 aromatic heterocycles. The molecule has 0 atom stereocenters. The van der Waals surface area contributed by atoms with E-state index in [1.165, 1.54) is 6.07 Å². The molecule has 0 unspecified atom stereocenters. The number of aryl methyl sites for hydroxylation is 1. The Bertz CT molecular complexity index is 602. The minimum absolute atomic E-state index is 0.159. The van der Waals surface area contributed by atoms with Crippen LogP contribution in [0.5, 0.6) is 11.5 Å². The van der Waals surface area contributed by atoms with Gasteiger partial charge in [-0.1, -0.05) is 12.1 Å². The average Bonchev–Trinajstić information content (AvgIpc) is 2.45. The largest absolute Gasteiger partial charge is 0.497 e. The normalized spacial score (nSPS) is 10.4. The Balaban J connectivity index is 2.19. The van der Waals surface area contributed by atoms with E-state index in [1.54, 1.807) is 25.3 Å². The van der Waals surface area contributed by atoms with Gasteiger partial charge in [0.15, 0.2) is 11.6 Å². The number of nitrogens with two attached hydrogens (primary N) is 1. The number of ether oxygens (including phenoxy) is 2. The van der Waals surface area contributed by atoms with Crippen LogP contribution in [0, 0.1) is 12.7 Å². The topological polar surface area (TPSA) is 57.4 Å². The highest BCUT2D eigenvalue weighted by Gasteiger charge is 2.10. The Morgan fingerprint density at radius 1 is 1.30 bits per heavy atom. The fraction of sp³-hybridized carbons (Fsp3) is 0.267. The molecule has 0 aliphatic heterocycles. The quantitative estimate of drug-likeness (QED) is 0.912. The molecule has 0 saturated carbocycles. The fourth-order valence-corrected chi connectivity index (χ4v) is 1.92. The predicted octanol–water partition coefficient (Wildman–Crippen LogP) is 2.58. The number of benzene rings is 1. The van der Waals surface area contributed by atoms with Crippen molar-refractivity contribution in [3.05, 3.63) is 53.1 Å². The zero-order chi connectivity index (χ0) is 14.5. The van der Waals surface area contributed by atoms with Crippen LogP contribution in [0.3, 0.4) is 0 Å². The van der Waals surface area contributed by atoms with Crippen molar-refractivity contribution in [3.8, 4) is 11.5 Å². The van der Waals surface area contributed by atoms with Gasteiger partial charge in [-0.2, -0.15) is 0 Å². The van der Waals surface area contributed by atoms with E-state index >= 15 is 0 Å². The van der Waals surface area contributed by atoms with Gasteiger partial charge in [0.2, 0.25) is 0 Å². The number of halogens is 1. The van der Waals surface area contributed by atoms with Crippen molar-refractivity contribution in [3.63, 3.8) is 0 Å². The molecule has 2 aromatic rings. The second kappa shape index (κ2) is 6.34. The fourth-order valence-electron chi connectivity index (χ4n) is 1.92. The maximum absolute atomic E-state index is 13.7. The van der Waals surface area contributed by atoms with E-state index in [-0.39, 0.29) is 18.9 Å². The van der Waals surface area contributed by atoms with Crippen LogP contribution in [0.15, 0.2) is 30.3 Å². The summed E-state index contributed by atoms with van der Waals surface area (Å²) in [7, 11) is 1.59. The van der Waals surface area contributed by atoms with Gasteiger partial charge in [0.05, 0.1) is 12.8 Å². The van der Waals surface area contributed by atoms with Gasteiger partial charge in [-0.15, -0.1) is 0 Å². The molecule has 0 spiro atoms. The molecule has 0 amide bonds. The van der Waals surface area contributed by atoms with Crippen LogP contribution in [0.2, 0.25) is 0 Å². The zero-order valence-electron chi connectivity index (χ0n) is 11.5. The van der Waals surface area contributed by atoms with Gasteiger partial charge in [0, 0.05) is 29.9 Å². The van der Waals surface area contributed by atoms with Crippen LogP contribution in [0.1, 0.15) is 17.0 Å². The van der Waals surface area contributed by atoms with Gasteiger partial charge < -0.3 is 15.2 Å². The van der Waals surface area contributed by atoms with Crippen molar-refractivity contribution in [1.29, 1.82) is 0 Å². The number of hydrogen-bond acceptors (Lipinski definition) is 4. The van der Waals surface area contributed by atoms with Gasteiger partial charge in [0.25, 0.3) is 0 Å². The maximum Gasteiger partial charge on any atom is 0.165 e. The lowest BCUT2D eigenvalue weighted by Crippen LogP contribution is -2.06. The highest BCUT2D eigenvalue weighted by molar-refractivity contribution is 5.35. The van der Waals surface area contributed by atoms with Crippen LogP contribution in [-0.2, 0) is 13.2 Å². The Kier molecular flexibility index (Phi) is 4.53. The summed E-state index contributed by atoms with van der Waals surface area (Å²) in [6.07, 6.45) is 0. The number of pyridine rings is 1. The first-order chi connectivity index (χ1) is 9.63. The summed E-state index contributed by atoms with van der Waals surface area (Å²) < 4.78 is 24.4. The lowest BCUT2D eigenvalue weighted by atomic mass is 10.2.